The van der Waals surface area contributed by atoms with Gasteiger partial charge in [0.05, 0.1) is 12.5 Å². The van der Waals surface area contributed by atoms with E-state index in [0.717, 1.165) is 6.42 Å². The summed E-state index contributed by atoms with van der Waals surface area (Å²) in [5, 5.41) is 0. The Morgan fingerprint density at radius 2 is 2.57 bits per heavy atom. The summed E-state index contributed by atoms with van der Waals surface area (Å²) in [6, 6.07) is 0. The molecule has 2 nitrogen and oxygen atoms in total. The number of ether oxygens (including phenoxy) is 1. The van der Waals surface area contributed by atoms with Crippen molar-refractivity contribution in [2.75, 3.05) is 6.61 Å². The second-order valence-corrected chi connectivity index (χ2v) is 2.23. The molecule has 0 aromatic carbocycles. The van der Waals surface area contributed by atoms with Crippen LogP contribution in [0.25, 0.3) is 0 Å². The van der Waals surface area contributed by atoms with Crippen LogP contribution in [0.2, 0.25) is 0 Å². The SMILES string of the molecule is O=C1OCC2C[C@@H]12. The number of hydrogen-bond donors (Lipinski definition) is 0. The Labute approximate surface area is 41.5 Å². The minimum absolute atomic E-state index is 0.0324. The molecule has 1 aliphatic heterocycles. The highest BCUT2D eigenvalue weighted by atomic mass is 16.5. The van der Waals surface area contributed by atoms with Crippen LogP contribution in [-0.2, 0) is 9.53 Å². The summed E-state index contributed by atoms with van der Waals surface area (Å²) in [5.74, 6) is 0.970. The average molecular weight is 98.1 g/mol. The fourth-order valence-electron chi connectivity index (χ4n) is 1.02. The van der Waals surface area contributed by atoms with Gasteiger partial charge in [-0.3, -0.25) is 4.79 Å². The second-order valence-electron chi connectivity index (χ2n) is 2.23. The fourth-order valence-corrected chi connectivity index (χ4v) is 1.02. The Hall–Kier alpha value is -0.530. The highest BCUT2D eigenvalue weighted by Gasteiger charge is 2.50. The quantitative estimate of drug-likeness (QED) is 0.404. The Balaban J connectivity index is 2.21. The molecule has 2 rings (SSSR count). The molecule has 0 radical (unpaired) electrons. The van der Waals surface area contributed by atoms with Gasteiger partial charge in [0.1, 0.15) is 0 Å². The third-order valence-electron chi connectivity index (χ3n) is 1.67. The van der Waals surface area contributed by atoms with Gasteiger partial charge >= 0.3 is 5.97 Å². The van der Waals surface area contributed by atoms with Crippen LogP contribution < -0.4 is 0 Å². The van der Waals surface area contributed by atoms with Crippen LogP contribution in [-0.4, -0.2) is 12.6 Å². The molecule has 38 valence electrons. The van der Waals surface area contributed by atoms with E-state index in [1.807, 2.05) is 0 Å². The number of fused-ring (bicyclic) bond motifs is 1. The maximum atomic E-state index is 10.4. The number of cyclic esters (lactones) is 1. The highest BCUT2D eigenvalue weighted by Crippen LogP contribution is 2.44. The standard InChI is InChI=1S/C5H6O2/c6-5-4-1-3(4)2-7-5/h3-4H,1-2H2/t3?,4-/m1/s1. The zero-order valence-corrected chi connectivity index (χ0v) is 3.89. The van der Waals surface area contributed by atoms with Crippen molar-refractivity contribution < 1.29 is 9.53 Å². The fraction of sp³-hybridized carbons (Fsp3) is 0.800. The Bertz CT molecular complexity index is 119. The van der Waals surface area contributed by atoms with Crippen molar-refractivity contribution in [3.63, 3.8) is 0 Å². The minimum atomic E-state index is 0.0324. The van der Waals surface area contributed by atoms with Crippen molar-refractivity contribution in [2.45, 2.75) is 6.42 Å². The van der Waals surface area contributed by atoms with Crippen LogP contribution in [0, 0.1) is 11.8 Å². The summed E-state index contributed by atoms with van der Waals surface area (Å²) in [5.41, 5.74) is 0. The lowest BCUT2D eigenvalue weighted by molar-refractivity contribution is -0.140. The molecular weight excluding hydrogens is 92.1 g/mol. The van der Waals surface area contributed by atoms with Crippen LogP contribution in [0.4, 0.5) is 0 Å². The van der Waals surface area contributed by atoms with E-state index in [4.69, 9.17) is 0 Å². The van der Waals surface area contributed by atoms with Crippen molar-refractivity contribution in [3.8, 4) is 0 Å². The van der Waals surface area contributed by atoms with Crippen molar-refractivity contribution in [1.82, 2.24) is 0 Å². The summed E-state index contributed by atoms with van der Waals surface area (Å²) >= 11 is 0. The van der Waals surface area contributed by atoms with E-state index >= 15 is 0 Å². The first-order valence-electron chi connectivity index (χ1n) is 2.54. The lowest BCUT2D eigenvalue weighted by Gasteiger charge is -1.89. The van der Waals surface area contributed by atoms with Gasteiger partial charge in [0.15, 0.2) is 0 Å². The van der Waals surface area contributed by atoms with Crippen LogP contribution >= 0.6 is 0 Å². The zero-order chi connectivity index (χ0) is 4.85. The van der Waals surface area contributed by atoms with Crippen molar-refractivity contribution in [3.05, 3.63) is 0 Å². The Kier molecular flexibility index (Phi) is 0.412. The number of rotatable bonds is 0. The number of carbonyl (C=O) groups excluding carboxylic acids is 1. The summed E-state index contributed by atoms with van der Waals surface area (Å²) in [7, 11) is 0. The van der Waals surface area contributed by atoms with Gasteiger partial charge in [-0.2, -0.15) is 0 Å². The number of esters is 1. The summed E-state index contributed by atoms with van der Waals surface area (Å²) in [4.78, 5) is 10.4. The smallest absolute Gasteiger partial charge is 0.309 e. The van der Waals surface area contributed by atoms with Crippen LogP contribution in [0.1, 0.15) is 6.42 Å². The zero-order valence-electron chi connectivity index (χ0n) is 3.89. The van der Waals surface area contributed by atoms with Gasteiger partial charge < -0.3 is 4.74 Å². The van der Waals surface area contributed by atoms with Gasteiger partial charge in [-0.05, 0) is 6.42 Å². The molecule has 2 atom stereocenters. The third kappa shape index (κ3) is 0.315. The molecule has 2 aliphatic rings. The summed E-state index contributed by atoms with van der Waals surface area (Å²) in [6.45, 7) is 0.698. The average Bonchev–Trinajstić information content (AvgIpc) is 2.33. The molecule has 1 aliphatic carbocycles. The van der Waals surface area contributed by atoms with Gasteiger partial charge in [-0.15, -0.1) is 0 Å². The molecule has 0 aromatic heterocycles. The van der Waals surface area contributed by atoms with E-state index in [1.54, 1.807) is 0 Å². The molecule has 0 aromatic rings. The Morgan fingerprint density at radius 1 is 1.71 bits per heavy atom. The van der Waals surface area contributed by atoms with Gasteiger partial charge in [0, 0.05) is 5.92 Å². The van der Waals surface area contributed by atoms with E-state index in [-0.39, 0.29) is 5.97 Å². The topological polar surface area (TPSA) is 26.3 Å². The van der Waals surface area contributed by atoms with Crippen LogP contribution in [0.3, 0.4) is 0 Å². The van der Waals surface area contributed by atoms with E-state index in [0.29, 0.717) is 18.4 Å². The van der Waals surface area contributed by atoms with Crippen molar-refractivity contribution in [1.29, 1.82) is 0 Å². The van der Waals surface area contributed by atoms with Gasteiger partial charge in [-0.25, -0.2) is 0 Å². The normalized spacial score (nSPS) is 45.4. The predicted molar refractivity (Wildman–Crippen MR) is 22.6 cm³/mol. The highest BCUT2D eigenvalue weighted by molar-refractivity contribution is 5.78. The molecule has 1 saturated heterocycles. The van der Waals surface area contributed by atoms with Crippen molar-refractivity contribution >= 4 is 5.97 Å². The molecule has 0 amide bonds. The molecular formula is C5H6O2. The van der Waals surface area contributed by atoms with E-state index in [1.165, 1.54) is 0 Å². The van der Waals surface area contributed by atoms with Crippen LogP contribution in [0.5, 0.6) is 0 Å². The molecule has 0 spiro atoms. The van der Waals surface area contributed by atoms with Gasteiger partial charge in [-0.1, -0.05) is 0 Å². The molecule has 1 saturated carbocycles. The summed E-state index contributed by atoms with van der Waals surface area (Å²) in [6.07, 6.45) is 1.10. The lowest BCUT2D eigenvalue weighted by Crippen LogP contribution is -1.97. The second kappa shape index (κ2) is 0.831. The number of carbonyl (C=O) groups is 1. The first-order valence-corrected chi connectivity index (χ1v) is 2.54. The molecule has 0 bridgehead atoms. The van der Waals surface area contributed by atoms with Gasteiger partial charge in [0.25, 0.3) is 0 Å². The predicted octanol–water partition coefficient (Wildman–Crippen LogP) is 0.179. The molecule has 2 fully saturated rings. The van der Waals surface area contributed by atoms with Gasteiger partial charge in [0.2, 0.25) is 0 Å². The van der Waals surface area contributed by atoms with E-state index in [9.17, 15) is 4.79 Å². The molecule has 2 heteroatoms. The first-order chi connectivity index (χ1) is 3.38. The van der Waals surface area contributed by atoms with Crippen molar-refractivity contribution in [2.24, 2.45) is 11.8 Å². The monoisotopic (exact) mass is 98.0 g/mol. The maximum absolute atomic E-state index is 10.4. The van der Waals surface area contributed by atoms with E-state index < -0.39 is 0 Å². The number of hydrogen-bond acceptors (Lipinski definition) is 2. The maximum Gasteiger partial charge on any atom is 0.309 e. The largest absolute Gasteiger partial charge is 0.465 e. The Morgan fingerprint density at radius 3 is 2.71 bits per heavy atom. The van der Waals surface area contributed by atoms with Crippen LogP contribution in [0.15, 0.2) is 0 Å². The summed E-state index contributed by atoms with van der Waals surface area (Å²) < 4.78 is 4.68. The lowest BCUT2D eigenvalue weighted by atomic mass is 10.4. The molecule has 1 heterocycles. The molecule has 7 heavy (non-hydrogen) atoms. The molecule has 1 unspecified atom stereocenters. The first kappa shape index (κ1) is 3.47. The molecule has 0 N–H and O–H groups in total. The minimum Gasteiger partial charge on any atom is -0.465 e. The van der Waals surface area contributed by atoms with E-state index in [2.05, 4.69) is 4.74 Å². The third-order valence-corrected chi connectivity index (χ3v) is 1.67.